The molecule has 0 unspecified atom stereocenters. The summed E-state index contributed by atoms with van der Waals surface area (Å²) in [4.78, 5) is 19.9. The summed E-state index contributed by atoms with van der Waals surface area (Å²) in [5.41, 5.74) is 0. The van der Waals surface area contributed by atoms with Gasteiger partial charge in [0.1, 0.15) is 0 Å². The maximum atomic E-state index is 9.93. The van der Waals surface area contributed by atoms with Gasteiger partial charge in [0.2, 0.25) is 0 Å². The van der Waals surface area contributed by atoms with Crippen molar-refractivity contribution in [3.63, 3.8) is 0 Å². The van der Waals surface area contributed by atoms with E-state index in [0.717, 1.165) is 0 Å². The van der Waals surface area contributed by atoms with Gasteiger partial charge in [0, 0.05) is 0 Å². The van der Waals surface area contributed by atoms with Crippen LogP contribution in [0.3, 0.4) is 0 Å². The van der Waals surface area contributed by atoms with Crippen LogP contribution in [0.4, 0.5) is 4.79 Å². The van der Waals surface area contributed by atoms with E-state index in [2.05, 4.69) is 0 Å². The third-order valence-corrected chi connectivity index (χ3v) is 0.569. The van der Waals surface area contributed by atoms with Crippen molar-refractivity contribution in [1.29, 1.82) is 0 Å². The first-order chi connectivity index (χ1) is 3.13. The second-order valence-corrected chi connectivity index (χ2v) is 2.03. The Hall–Kier alpha value is -0.0704. The number of nitrogens with one attached hydrogen (secondary N) is 1. The third-order valence-electron chi connectivity index (χ3n) is 0.278. The van der Waals surface area contributed by atoms with Gasteiger partial charge in [0.15, 0.2) is 0 Å². The number of hydrogen-bond donors (Lipinski definition) is 1. The van der Waals surface area contributed by atoms with Gasteiger partial charge in [-0.25, -0.2) is 0 Å². The van der Waals surface area contributed by atoms with Crippen molar-refractivity contribution in [3.8, 4) is 0 Å². The summed E-state index contributed by atoms with van der Waals surface area (Å²) in [5, 5.41) is 2.03. The number of imide groups is 1. The van der Waals surface area contributed by atoms with Crippen molar-refractivity contribution >= 4 is 32.2 Å². The Morgan fingerprint density at radius 1 is 1.57 bits per heavy atom. The maximum absolute atomic E-state index is 9.93. The quantitative estimate of drug-likeness (QED) is 0.547. The molecule has 3 nitrogen and oxygen atoms in total. The molecule has 0 atom stereocenters. The number of rotatable bonds is 0. The minimum absolute atomic E-state index is 0.302. The molecule has 1 N–H and O–H groups in total. The van der Waals surface area contributed by atoms with E-state index < -0.39 is 0 Å². The molecule has 0 aromatic rings. The summed E-state index contributed by atoms with van der Waals surface area (Å²) in [6.07, 6.45) is 0. The van der Waals surface area contributed by atoms with Gasteiger partial charge >= 0.3 is 54.0 Å². The van der Waals surface area contributed by atoms with Crippen LogP contribution in [0.1, 0.15) is 6.92 Å². The zero-order valence-electron chi connectivity index (χ0n) is 3.72. The molecule has 0 spiro atoms. The fourth-order valence-electron chi connectivity index (χ4n) is 0.144. The van der Waals surface area contributed by atoms with Gasteiger partial charge in [-0.3, -0.25) is 0 Å². The Bertz CT molecular complexity index is 89.1. The molecule has 1 radical (unpaired) electrons. The Kier molecular flexibility index (Phi) is 2.97. The van der Waals surface area contributed by atoms with E-state index in [1.54, 1.807) is 0 Å². The molecule has 2 amide bonds. The van der Waals surface area contributed by atoms with E-state index in [1.165, 1.54) is 29.2 Å². The summed E-state index contributed by atoms with van der Waals surface area (Å²) in [5.74, 6) is -0.310. The van der Waals surface area contributed by atoms with Gasteiger partial charge in [-0.2, -0.15) is 0 Å². The predicted octanol–water partition coefficient (Wildman–Crippen LogP) is -0.589. The number of amides is 2. The van der Waals surface area contributed by atoms with Crippen LogP contribution in [-0.4, -0.2) is 32.2 Å². The van der Waals surface area contributed by atoms with E-state index in [4.69, 9.17) is 0 Å². The second-order valence-electron chi connectivity index (χ2n) is 0.969. The number of carbonyl (C=O) groups is 2. The van der Waals surface area contributed by atoms with Gasteiger partial charge in [0.25, 0.3) is 0 Å². The van der Waals surface area contributed by atoms with Crippen molar-refractivity contribution < 1.29 is 9.59 Å². The van der Waals surface area contributed by atoms with Gasteiger partial charge in [-0.15, -0.1) is 0 Å². The van der Waals surface area contributed by atoms with Crippen LogP contribution in [0.2, 0.25) is 0 Å². The molecule has 0 fully saturated rings. The molecule has 0 saturated heterocycles. The van der Waals surface area contributed by atoms with Crippen LogP contribution < -0.4 is 5.32 Å². The number of carbonyl (C=O) groups excluding carboxylic acids is 2. The van der Waals surface area contributed by atoms with Crippen LogP contribution in [0.5, 0.6) is 0 Å². The molecule has 4 heteroatoms. The van der Waals surface area contributed by atoms with Gasteiger partial charge in [-0.05, 0) is 0 Å². The van der Waals surface area contributed by atoms with E-state index in [0.29, 0.717) is 0 Å². The molecule has 0 rings (SSSR count). The average molecular weight is 214 g/mol. The summed E-state index contributed by atoms with van der Waals surface area (Å²) < 4.78 is -0.302. The molecule has 0 aliphatic carbocycles. The van der Waals surface area contributed by atoms with Crippen LogP contribution >= 0.6 is 0 Å². The van der Waals surface area contributed by atoms with Crippen LogP contribution in [0.15, 0.2) is 0 Å². The molecule has 0 bridgehead atoms. The first kappa shape index (κ1) is 6.93. The van der Waals surface area contributed by atoms with Crippen molar-refractivity contribution in [3.05, 3.63) is 0 Å². The van der Waals surface area contributed by atoms with Gasteiger partial charge in [-0.1, -0.05) is 0 Å². The summed E-state index contributed by atoms with van der Waals surface area (Å²) in [6.45, 7) is 1.29. The Morgan fingerprint density at radius 2 is 2.00 bits per heavy atom. The SMILES string of the molecule is CC(=O)NC(=O)[Te]. The first-order valence-corrected chi connectivity index (χ1v) is 2.78. The molecule has 0 aliphatic rings. The second kappa shape index (κ2) is 3.00. The van der Waals surface area contributed by atoms with Gasteiger partial charge in [0.05, 0.1) is 0 Å². The molecular formula is C3H4NO2Te. The van der Waals surface area contributed by atoms with E-state index >= 15 is 0 Å². The summed E-state index contributed by atoms with van der Waals surface area (Å²) in [6, 6.07) is 0. The topological polar surface area (TPSA) is 46.2 Å². The zero-order valence-corrected chi connectivity index (χ0v) is 6.06. The minimum atomic E-state index is -0.310. The van der Waals surface area contributed by atoms with Crippen molar-refractivity contribution in [2.24, 2.45) is 0 Å². The Morgan fingerprint density at radius 3 is 2.00 bits per heavy atom. The molecule has 0 heterocycles. The van der Waals surface area contributed by atoms with Crippen molar-refractivity contribution in [2.45, 2.75) is 6.92 Å². The molecule has 0 aliphatic heterocycles. The van der Waals surface area contributed by atoms with E-state index in [-0.39, 0.29) is 9.86 Å². The van der Waals surface area contributed by atoms with E-state index in [1.807, 2.05) is 5.32 Å². The van der Waals surface area contributed by atoms with Crippen molar-refractivity contribution in [1.82, 2.24) is 5.32 Å². The summed E-state index contributed by atoms with van der Waals surface area (Å²) in [7, 11) is 0. The van der Waals surface area contributed by atoms with Crippen LogP contribution in [0, 0.1) is 0 Å². The Balaban J connectivity index is 3.32. The standard InChI is InChI=1S/C3H4NO2Te/c1-2(5)4-3(6)7/h1H3,(H,4,5,6). The fourth-order valence-corrected chi connectivity index (χ4v) is 0.554. The van der Waals surface area contributed by atoms with E-state index in [9.17, 15) is 9.59 Å². The molecule has 0 saturated carbocycles. The first-order valence-electron chi connectivity index (χ1n) is 1.61. The van der Waals surface area contributed by atoms with Crippen LogP contribution in [0.25, 0.3) is 0 Å². The molecular weight excluding hydrogens is 210 g/mol. The summed E-state index contributed by atoms with van der Waals surface area (Å²) >= 11 is 1.23. The predicted molar refractivity (Wildman–Crippen MR) is 25.0 cm³/mol. The molecule has 7 heavy (non-hydrogen) atoms. The monoisotopic (exact) mass is 216 g/mol. The van der Waals surface area contributed by atoms with Crippen LogP contribution in [-0.2, 0) is 4.79 Å². The molecule has 0 aromatic heterocycles. The molecule has 0 aromatic carbocycles. The average Bonchev–Trinajstić information content (AvgIpc) is 1.27. The normalized spacial score (nSPS) is 7.57. The molecule has 39 valence electrons. The van der Waals surface area contributed by atoms with Gasteiger partial charge < -0.3 is 0 Å². The fraction of sp³-hybridized carbons (Fsp3) is 0.333. The zero-order chi connectivity index (χ0) is 5.86. The Labute approximate surface area is 54.4 Å². The number of hydrogen-bond acceptors (Lipinski definition) is 2. The third kappa shape index (κ3) is 5.93. The van der Waals surface area contributed by atoms with Crippen molar-refractivity contribution in [2.75, 3.05) is 0 Å².